The van der Waals surface area contributed by atoms with Gasteiger partial charge < -0.3 is 10.5 Å². The molecule has 0 unspecified atom stereocenters. The van der Waals surface area contributed by atoms with Gasteiger partial charge in [0.2, 0.25) is 0 Å². The molecular formula is C12H12N2O2. The van der Waals surface area contributed by atoms with Crippen molar-refractivity contribution in [3.63, 3.8) is 0 Å². The van der Waals surface area contributed by atoms with Crippen molar-refractivity contribution in [1.29, 1.82) is 5.26 Å². The Bertz CT molecular complexity index is 458. The second-order valence-electron chi connectivity index (χ2n) is 3.00. The molecule has 16 heavy (non-hydrogen) atoms. The molecule has 0 fully saturated rings. The largest absolute Gasteiger partial charge is 0.493 e. The summed E-state index contributed by atoms with van der Waals surface area (Å²) < 4.78 is 5.36. The zero-order valence-electron chi connectivity index (χ0n) is 8.93. The molecule has 2 N–H and O–H groups in total. The van der Waals surface area contributed by atoms with Crippen LogP contribution in [0.5, 0.6) is 5.75 Å². The maximum Gasteiger partial charge on any atom is 0.259 e. The summed E-state index contributed by atoms with van der Waals surface area (Å²) in [6, 6.07) is 8.89. The van der Waals surface area contributed by atoms with Gasteiger partial charge in [0, 0.05) is 5.56 Å². The standard InChI is InChI=1S/C12H12N2O2/c1-2-16-11-6-4-3-5-9(11)7-10(8-13)12(14)15/h3-7H,2H2,1H3,(H2,14,15)/b10-7-. The molecule has 0 aliphatic rings. The van der Waals surface area contributed by atoms with Gasteiger partial charge in [-0.25, -0.2) is 0 Å². The first-order valence-corrected chi connectivity index (χ1v) is 4.82. The van der Waals surface area contributed by atoms with Crippen molar-refractivity contribution in [2.45, 2.75) is 6.92 Å². The number of nitrogens with zero attached hydrogens (tertiary/aromatic N) is 1. The minimum Gasteiger partial charge on any atom is -0.493 e. The molecule has 0 radical (unpaired) electrons. The van der Waals surface area contributed by atoms with E-state index in [4.69, 9.17) is 15.7 Å². The van der Waals surface area contributed by atoms with E-state index in [2.05, 4.69) is 0 Å². The topological polar surface area (TPSA) is 76.1 Å². The van der Waals surface area contributed by atoms with Crippen LogP contribution in [0, 0.1) is 11.3 Å². The SMILES string of the molecule is CCOc1ccccc1/C=C(/C#N)C(N)=O. The highest BCUT2D eigenvalue weighted by Gasteiger charge is 2.06. The first kappa shape index (κ1) is 11.8. The van der Waals surface area contributed by atoms with Crippen LogP contribution in [0.15, 0.2) is 29.8 Å². The fourth-order valence-electron chi connectivity index (χ4n) is 1.20. The molecule has 0 bridgehead atoms. The summed E-state index contributed by atoms with van der Waals surface area (Å²) in [7, 11) is 0. The van der Waals surface area contributed by atoms with Crippen LogP contribution >= 0.6 is 0 Å². The first-order valence-electron chi connectivity index (χ1n) is 4.82. The number of carbonyl (C=O) groups excluding carboxylic acids is 1. The maximum atomic E-state index is 10.9. The van der Waals surface area contributed by atoms with Crippen LogP contribution in [-0.2, 0) is 4.79 Å². The van der Waals surface area contributed by atoms with Gasteiger partial charge in [-0.15, -0.1) is 0 Å². The van der Waals surface area contributed by atoms with E-state index in [9.17, 15) is 4.79 Å². The Labute approximate surface area is 93.9 Å². The molecule has 0 saturated heterocycles. The third-order valence-electron chi connectivity index (χ3n) is 1.90. The lowest BCUT2D eigenvalue weighted by Crippen LogP contribution is -2.12. The molecule has 0 saturated carbocycles. The minimum atomic E-state index is -0.742. The molecule has 0 heterocycles. The van der Waals surface area contributed by atoms with Crippen molar-refractivity contribution < 1.29 is 9.53 Å². The number of hydrogen-bond donors (Lipinski definition) is 1. The average Bonchev–Trinajstić information content (AvgIpc) is 2.27. The summed E-state index contributed by atoms with van der Waals surface area (Å²) >= 11 is 0. The third-order valence-corrected chi connectivity index (χ3v) is 1.90. The molecule has 0 aromatic heterocycles. The van der Waals surface area contributed by atoms with Gasteiger partial charge in [0.05, 0.1) is 6.61 Å². The van der Waals surface area contributed by atoms with E-state index in [-0.39, 0.29) is 5.57 Å². The minimum absolute atomic E-state index is 0.0906. The van der Waals surface area contributed by atoms with E-state index in [1.165, 1.54) is 6.08 Å². The Kier molecular flexibility index (Phi) is 4.10. The van der Waals surface area contributed by atoms with Crippen molar-refractivity contribution in [1.82, 2.24) is 0 Å². The van der Waals surface area contributed by atoms with Gasteiger partial charge in [-0.2, -0.15) is 5.26 Å². The molecule has 4 nitrogen and oxygen atoms in total. The molecule has 1 aromatic carbocycles. The number of benzene rings is 1. The number of amides is 1. The van der Waals surface area contributed by atoms with Gasteiger partial charge in [0.25, 0.3) is 5.91 Å². The Hall–Kier alpha value is -2.28. The predicted octanol–water partition coefficient (Wildman–Crippen LogP) is 1.48. The highest BCUT2D eigenvalue weighted by Crippen LogP contribution is 2.20. The number of nitriles is 1. The van der Waals surface area contributed by atoms with E-state index >= 15 is 0 Å². The highest BCUT2D eigenvalue weighted by atomic mass is 16.5. The van der Waals surface area contributed by atoms with Crippen LogP contribution in [0.2, 0.25) is 0 Å². The van der Waals surface area contributed by atoms with Gasteiger partial charge >= 0.3 is 0 Å². The summed E-state index contributed by atoms with van der Waals surface area (Å²) in [4.78, 5) is 10.9. The summed E-state index contributed by atoms with van der Waals surface area (Å²) in [5.74, 6) is -0.118. The lowest BCUT2D eigenvalue weighted by molar-refractivity contribution is -0.114. The number of hydrogen-bond acceptors (Lipinski definition) is 3. The average molecular weight is 216 g/mol. The van der Waals surface area contributed by atoms with E-state index < -0.39 is 5.91 Å². The Morgan fingerprint density at radius 2 is 2.25 bits per heavy atom. The van der Waals surface area contributed by atoms with Crippen molar-refractivity contribution in [3.8, 4) is 11.8 Å². The van der Waals surface area contributed by atoms with Crippen LogP contribution in [-0.4, -0.2) is 12.5 Å². The number of carbonyl (C=O) groups is 1. The third kappa shape index (κ3) is 2.85. The Balaban J connectivity index is 3.13. The number of rotatable bonds is 4. The van der Waals surface area contributed by atoms with E-state index in [1.54, 1.807) is 24.3 Å². The molecule has 1 aromatic rings. The zero-order chi connectivity index (χ0) is 12.0. The Morgan fingerprint density at radius 1 is 1.56 bits per heavy atom. The van der Waals surface area contributed by atoms with Crippen LogP contribution in [0.1, 0.15) is 12.5 Å². The molecule has 0 aliphatic carbocycles. The van der Waals surface area contributed by atoms with Crippen molar-refractivity contribution in [3.05, 3.63) is 35.4 Å². The number of ether oxygens (including phenoxy) is 1. The fraction of sp³-hybridized carbons (Fsp3) is 0.167. The van der Waals surface area contributed by atoms with E-state index in [1.807, 2.05) is 13.0 Å². The van der Waals surface area contributed by atoms with Crippen molar-refractivity contribution in [2.24, 2.45) is 5.73 Å². The monoisotopic (exact) mass is 216 g/mol. The van der Waals surface area contributed by atoms with E-state index in [0.717, 1.165) is 0 Å². The first-order chi connectivity index (χ1) is 7.69. The summed E-state index contributed by atoms with van der Waals surface area (Å²) in [5, 5.41) is 8.72. The normalized spacial score (nSPS) is 10.6. The number of para-hydroxylation sites is 1. The van der Waals surface area contributed by atoms with Gasteiger partial charge in [-0.1, -0.05) is 18.2 Å². The molecule has 0 aliphatic heterocycles. The smallest absolute Gasteiger partial charge is 0.259 e. The van der Waals surface area contributed by atoms with Crippen LogP contribution in [0.25, 0.3) is 6.08 Å². The molecular weight excluding hydrogens is 204 g/mol. The van der Waals surface area contributed by atoms with Gasteiger partial charge in [0.15, 0.2) is 0 Å². The maximum absolute atomic E-state index is 10.9. The summed E-state index contributed by atoms with van der Waals surface area (Å²) in [6.07, 6.45) is 1.42. The molecule has 82 valence electrons. The van der Waals surface area contributed by atoms with Crippen molar-refractivity contribution in [2.75, 3.05) is 6.61 Å². The zero-order valence-corrected chi connectivity index (χ0v) is 8.93. The predicted molar refractivity (Wildman–Crippen MR) is 60.4 cm³/mol. The lowest BCUT2D eigenvalue weighted by Gasteiger charge is -2.06. The fourth-order valence-corrected chi connectivity index (χ4v) is 1.20. The second kappa shape index (κ2) is 5.56. The quantitative estimate of drug-likeness (QED) is 0.611. The molecule has 4 heteroatoms. The molecule has 1 rings (SSSR count). The summed E-state index contributed by atoms with van der Waals surface area (Å²) in [6.45, 7) is 2.38. The lowest BCUT2D eigenvalue weighted by atomic mass is 10.1. The van der Waals surface area contributed by atoms with Gasteiger partial charge in [0.1, 0.15) is 17.4 Å². The van der Waals surface area contributed by atoms with Gasteiger partial charge in [-0.3, -0.25) is 4.79 Å². The Morgan fingerprint density at radius 3 is 2.81 bits per heavy atom. The van der Waals surface area contributed by atoms with Crippen LogP contribution in [0.4, 0.5) is 0 Å². The molecule has 0 spiro atoms. The van der Waals surface area contributed by atoms with Crippen LogP contribution in [0.3, 0.4) is 0 Å². The van der Waals surface area contributed by atoms with Gasteiger partial charge in [-0.05, 0) is 19.1 Å². The second-order valence-corrected chi connectivity index (χ2v) is 3.00. The van der Waals surface area contributed by atoms with Crippen molar-refractivity contribution >= 4 is 12.0 Å². The van der Waals surface area contributed by atoms with E-state index in [0.29, 0.717) is 17.9 Å². The summed E-state index contributed by atoms with van der Waals surface area (Å²) in [5.41, 5.74) is 5.62. The highest BCUT2D eigenvalue weighted by molar-refractivity contribution is 6.00. The van der Waals surface area contributed by atoms with Crippen LogP contribution < -0.4 is 10.5 Å². The molecule has 0 atom stereocenters. The molecule has 1 amide bonds. The number of primary amides is 1. The number of nitrogens with two attached hydrogens (primary N) is 1.